The van der Waals surface area contributed by atoms with Crippen molar-refractivity contribution in [2.75, 3.05) is 33.3 Å². The first-order valence-corrected chi connectivity index (χ1v) is 8.80. The fourth-order valence-corrected chi connectivity index (χ4v) is 3.43. The summed E-state index contributed by atoms with van der Waals surface area (Å²) in [6.45, 7) is 6.25. The molecule has 1 aliphatic rings. The van der Waals surface area contributed by atoms with Gasteiger partial charge in [0.05, 0.1) is 12.8 Å². The number of aromatic nitrogens is 2. The van der Waals surface area contributed by atoms with Gasteiger partial charge < -0.3 is 9.14 Å². The summed E-state index contributed by atoms with van der Waals surface area (Å²) in [7, 11) is 1.72. The molecule has 4 rings (SSSR count). The van der Waals surface area contributed by atoms with Crippen LogP contribution in [-0.2, 0) is 13.1 Å². The van der Waals surface area contributed by atoms with Gasteiger partial charge in [0.15, 0.2) is 0 Å². The Labute approximate surface area is 148 Å². The highest BCUT2D eigenvalue weighted by molar-refractivity contribution is 5.39. The molecule has 0 N–H and O–H groups in total. The van der Waals surface area contributed by atoms with E-state index in [9.17, 15) is 0 Å². The molecule has 0 bridgehead atoms. The third-order valence-corrected chi connectivity index (χ3v) is 4.80. The Balaban J connectivity index is 1.31. The molecule has 1 aromatic carbocycles. The van der Waals surface area contributed by atoms with Crippen LogP contribution in [0.1, 0.15) is 11.3 Å². The van der Waals surface area contributed by atoms with Crippen LogP contribution in [0.5, 0.6) is 5.75 Å². The first-order chi connectivity index (χ1) is 12.3. The Morgan fingerprint density at radius 2 is 1.76 bits per heavy atom. The Kier molecular flexibility index (Phi) is 4.68. The second kappa shape index (κ2) is 7.25. The molecule has 130 valence electrons. The molecule has 0 unspecified atom stereocenters. The van der Waals surface area contributed by atoms with E-state index in [-0.39, 0.29) is 0 Å². The quantitative estimate of drug-likeness (QED) is 0.717. The van der Waals surface area contributed by atoms with E-state index in [1.807, 2.05) is 18.2 Å². The third kappa shape index (κ3) is 3.83. The lowest BCUT2D eigenvalue weighted by atomic mass is 10.2. The van der Waals surface area contributed by atoms with Crippen molar-refractivity contribution >= 4 is 5.65 Å². The van der Waals surface area contributed by atoms with Gasteiger partial charge in [0.1, 0.15) is 11.4 Å². The second-order valence-electron chi connectivity index (χ2n) is 6.60. The monoisotopic (exact) mass is 336 g/mol. The Morgan fingerprint density at radius 1 is 0.960 bits per heavy atom. The Hall–Kier alpha value is -2.37. The predicted octanol–water partition coefficient (Wildman–Crippen LogP) is 2.66. The predicted molar refractivity (Wildman–Crippen MR) is 98.7 cm³/mol. The van der Waals surface area contributed by atoms with Crippen molar-refractivity contribution in [3.8, 4) is 5.75 Å². The third-order valence-electron chi connectivity index (χ3n) is 4.80. The molecule has 1 saturated heterocycles. The molecule has 0 atom stereocenters. The zero-order chi connectivity index (χ0) is 17.1. The van der Waals surface area contributed by atoms with Gasteiger partial charge in [-0.15, -0.1) is 0 Å². The van der Waals surface area contributed by atoms with Gasteiger partial charge in [-0.05, 0) is 29.8 Å². The minimum Gasteiger partial charge on any atom is -0.497 e. The summed E-state index contributed by atoms with van der Waals surface area (Å²) in [4.78, 5) is 9.71. The van der Waals surface area contributed by atoms with Crippen molar-refractivity contribution < 1.29 is 4.74 Å². The standard InChI is InChI=1S/C20H24N4O/c1-25-19-6-4-5-17(13-19)14-22-9-11-23(12-10-22)15-18-16-24-8-3-2-7-20(24)21-18/h2-8,13,16H,9-12,14-15H2,1H3. The van der Waals surface area contributed by atoms with E-state index in [4.69, 9.17) is 9.72 Å². The average molecular weight is 336 g/mol. The van der Waals surface area contributed by atoms with Gasteiger partial charge in [0, 0.05) is 51.7 Å². The summed E-state index contributed by atoms with van der Waals surface area (Å²) in [6, 6.07) is 14.5. The number of hydrogen-bond acceptors (Lipinski definition) is 4. The Morgan fingerprint density at radius 3 is 2.52 bits per heavy atom. The number of ether oxygens (including phenoxy) is 1. The number of rotatable bonds is 5. The zero-order valence-corrected chi connectivity index (χ0v) is 14.6. The topological polar surface area (TPSA) is 33.0 Å². The molecule has 1 fully saturated rings. The molecular formula is C20H24N4O. The molecule has 2 aromatic heterocycles. The Bertz CT molecular complexity index is 803. The molecule has 5 nitrogen and oxygen atoms in total. The van der Waals surface area contributed by atoms with Crippen molar-refractivity contribution in [3.63, 3.8) is 0 Å². The molecule has 3 aromatic rings. The molecule has 0 spiro atoms. The molecule has 3 heterocycles. The second-order valence-corrected chi connectivity index (χ2v) is 6.60. The number of methoxy groups -OCH3 is 1. The van der Waals surface area contributed by atoms with Crippen molar-refractivity contribution in [2.45, 2.75) is 13.1 Å². The molecule has 25 heavy (non-hydrogen) atoms. The van der Waals surface area contributed by atoms with Crippen LogP contribution in [0.25, 0.3) is 5.65 Å². The van der Waals surface area contributed by atoms with Gasteiger partial charge in [0.2, 0.25) is 0 Å². The van der Waals surface area contributed by atoms with Gasteiger partial charge >= 0.3 is 0 Å². The van der Waals surface area contributed by atoms with Crippen LogP contribution in [0.3, 0.4) is 0 Å². The van der Waals surface area contributed by atoms with Crippen LogP contribution in [0.15, 0.2) is 54.9 Å². The van der Waals surface area contributed by atoms with E-state index < -0.39 is 0 Å². The van der Waals surface area contributed by atoms with E-state index in [2.05, 4.69) is 50.9 Å². The molecule has 0 amide bonds. The van der Waals surface area contributed by atoms with Crippen LogP contribution in [0, 0.1) is 0 Å². The molecule has 5 heteroatoms. The smallest absolute Gasteiger partial charge is 0.137 e. The van der Waals surface area contributed by atoms with E-state index in [0.29, 0.717) is 0 Å². The highest BCUT2D eigenvalue weighted by Crippen LogP contribution is 2.16. The maximum Gasteiger partial charge on any atom is 0.137 e. The number of imidazole rings is 1. The fourth-order valence-electron chi connectivity index (χ4n) is 3.43. The highest BCUT2D eigenvalue weighted by atomic mass is 16.5. The summed E-state index contributed by atoms with van der Waals surface area (Å²) >= 11 is 0. The maximum atomic E-state index is 5.32. The molecule has 0 aliphatic carbocycles. The van der Waals surface area contributed by atoms with Crippen molar-refractivity contribution in [1.29, 1.82) is 0 Å². The molecular weight excluding hydrogens is 312 g/mol. The van der Waals surface area contributed by atoms with E-state index in [0.717, 1.165) is 56.4 Å². The maximum absolute atomic E-state index is 5.32. The lowest BCUT2D eigenvalue weighted by Gasteiger charge is -2.34. The normalized spacial score (nSPS) is 16.4. The van der Waals surface area contributed by atoms with Crippen LogP contribution >= 0.6 is 0 Å². The first-order valence-electron chi connectivity index (χ1n) is 8.80. The number of nitrogens with zero attached hydrogens (tertiary/aromatic N) is 4. The SMILES string of the molecule is COc1cccc(CN2CCN(Cc3cn4ccccc4n3)CC2)c1. The number of piperazine rings is 1. The zero-order valence-electron chi connectivity index (χ0n) is 14.6. The van der Waals surface area contributed by atoms with E-state index in [1.165, 1.54) is 5.56 Å². The van der Waals surface area contributed by atoms with Crippen molar-refractivity contribution in [2.24, 2.45) is 0 Å². The van der Waals surface area contributed by atoms with Gasteiger partial charge in [-0.2, -0.15) is 0 Å². The summed E-state index contributed by atoms with van der Waals surface area (Å²) < 4.78 is 7.41. The summed E-state index contributed by atoms with van der Waals surface area (Å²) in [5.41, 5.74) is 3.48. The summed E-state index contributed by atoms with van der Waals surface area (Å²) in [6.07, 6.45) is 4.19. The largest absolute Gasteiger partial charge is 0.497 e. The van der Waals surface area contributed by atoms with Gasteiger partial charge in [-0.1, -0.05) is 18.2 Å². The van der Waals surface area contributed by atoms with Gasteiger partial charge in [-0.25, -0.2) is 4.98 Å². The first kappa shape index (κ1) is 16.1. The van der Waals surface area contributed by atoms with Crippen LogP contribution < -0.4 is 4.74 Å². The van der Waals surface area contributed by atoms with Crippen LogP contribution in [-0.4, -0.2) is 52.5 Å². The van der Waals surface area contributed by atoms with Crippen molar-refractivity contribution in [3.05, 3.63) is 66.1 Å². The highest BCUT2D eigenvalue weighted by Gasteiger charge is 2.18. The summed E-state index contributed by atoms with van der Waals surface area (Å²) in [5.74, 6) is 0.933. The van der Waals surface area contributed by atoms with E-state index in [1.54, 1.807) is 7.11 Å². The fraction of sp³-hybridized carbons (Fsp3) is 0.350. The number of pyridine rings is 1. The molecule has 0 saturated carbocycles. The van der Waals surface area contributed by atoms with Gasteiger partial charge in [0.25, 0.3) is 0 Å². The van der Waals surface area contributed by atoms with Crippen LogP contribution in [0.4, 0.5) is 0 Å². The van der Waals surface area contributed by atoms with Gasteiger partial charge in [-0.3, -0.25) is 9.80 Å². The van der Waals surface area contributed by atoms with E-state index >= 15 is 0 Å². The number of hydrogen-bond donors (Lipinski definition) is 0. The van der Waals surface area contributed by atoms with Crippen LogP contribution in [0.2, 0.25) is 0 Å². The minimum atomic E-state index is 0.925. The van der Waals surface area contributed by atoms with Crippen molar-refractivity contribution in [1.82, 2.24) is 19.2 Å². The minimum absolute atomic E-state index is 0.925. The average Bonchev–Trinajstić information content (AvgIpc) is 3.06. The summed E-state index contributed by atoms with van der Waals surface area (Å²) in [5, 5.41) is 0. The molecule has 0 radical (unpaired) electrons. The lowest BCUT2D eigenvalue weighted by Crippen LogP contribution is -2.45. The number of benzene rings is 1. The lowest BCUT2D eigenvalue weighted by molar-refractivity contribution is 0.121. The number of fused-ring (bicyclic) bond motifs is 1. The molecule has 1 aliphatic heterocycles.